The Morgan fingerprint density at radius 1 is 1.56 bits per heavy atom. The van der Waals surface area contributed by atoms with Crippen LogP contribution in [0.15, 0.2) is 18.2 Å². The molecule has 0 saturated carbocycles. The van der Waals surface area contributed by atoms with E-state index in [9.17, 15) is 10.1 Å². The normalized spacial score (nSPS) is 19.0. The van der Waals surface area contributed by atoms with Crippen LogP contribution in [0.1, 0.15) is 19.8 Å². The highest BCUT2D eigenvalue weighted by molar-refractivity contribution is 5.64. The number of hydrazine groups is 1. The van der Waals surface area contributed by atoms with Gasteiger partial charge in [0.2, 0.25) is 0 Å². The van der Waals surface area contributed by atoms with Crippen LogP contribution in [-0.4, -0.2) is 18.0 Å². The van der Waals surface area contributed by atoms with Crippen molar-refractivity contribution in [3.05, 3.63) is 28.3 Å². The summed E-state index contributed by atoms with van der Waals surface area (Å²) in [4.78, 5) is 12.7. The van der Waals surface area contributed by atoms with Crippen LogP contribution in [-0.2, 0) is 0 Å². The van der Waals surface area contributed by atoms with Crippen molar-refractivity contribution in [3.63, 3.8) is 0 Å². The molecule has 0 aliphatic carbocycles. The molecule has 1 aromatic rings. The summed E-state index contributed by atoms with van der Waals surface area (Å²) in [6.45, 7) is 4.08. The highest BCUT2D eigenvalue weighted by atomic mass is 16.6. The molecule has 6 nitrogen and oxygen atoms in total. The average molecular weight is 250 g/mol. The molecule has 0 bridgehead atoms. The van der Waals surface area contributed by atoms with Crippen LogP contribution < -0.4 is 16.2 Å². The van der Waals surface area contributed by atoms with E-state index >= 15 is 0 Å². The van der Waals surface area contributed by atoms with Gasteiger partial charge in [-0.05, 0) is 18.4 Å². The molecule has 0 radical (unpaired) electrons. The lowest BCUT2D eigenvalue weighted by Crippen LogP contribution is -2.20. The lowest BCUT2D eigenvalue weighted by atomic mass is 10.1. The van der Waals surface area contributed by atoms with Gasteiger partial charge in [0.25, 0.3) is 5.69 Å². The summed E-state index contributed by atoms with van der Waals surface area (Å²) in [6.07, 6.45) is 2.29. The molecule has 1 fully saturated rings. The largest absolute Gasteiger partial charge is 0.371 e. The minimum absolute atomic E-state index is 0.0698. The average Bonchev–Trinajstić information content (AvgIpc) is 2.86. The minimum Gasteiger partial charge on any atom is -0.371 e. The first-order valence-electron chi connectivity index (χ1n) is 6.15. The van der Waals surface area contributed by atoms with E-state index < -0.39 is 4.92 Å². The first-order valence-corrected chi connectivity index (χ1v) is 6.15. The Balaban J connectivity index is 2.27. The summed E-state index contributed by atoms with van der Waals surface area (Å²) in [5.41, 5.74) is 3.99. The van der Waals surface area contributed by atoms with E-state index in [1.807, 2.05) is 6.07 Å². The molecule has 1 aliphatic rings. The quantitative estimate of drug-likeness (QED) is 0.485. The number of nitrogens with zero attached hydrogens (tertiary/aromatic N) is 2. The molecule has 1 heterocycles. The van der Waals surface area contributed by atoms with Crippen molar-refractivity contribution in [1.82, 2.24) is 0 Å². The Bertz CT molecular complexity index is 450. The number of rotatable bonds is 4. The van der Waals surface area contributed by atoms with Gasteiger partial charge in [-0.25, -0.2) is 0 Å². The first-order chi connectivity index (χ1) is 8.63. The molecule has 1 saturated heterocycles. The molecular formula is C12H18N4O2. The second-order valence-electron chi connectivity index (χ2n) is 4.65. The highest BCUT2D eigenvalue weighted by Crippen LogP contribution is 2.31. The molecule has 1 aliphatic heterocycles. The Labute approximate surface area is 106 Å². The van der Waals surface area contributed by atoms with Crippen molar-refractivity contribution >= 4 is 17.1 Å². The van der Waals surface area contributed by atoms with Crippen molar-refractivity contribution in [3.8, 4) is 0 Å². The summed E-state index contributed by atoms with van der Waals surface area (Å²) in [6, 6.07) is 4.90. The van der Waals surface area contributed by atoms with Crippen LogP contribution in [0.25, 0.3) is 0 Å². The molecule has 0 spiro atoms. The van der Waals surface area contributed by atoms with Crippen LogP contribution in [0, 0.1) is 16.0 Å². The number of nitrogens with two attached hydrogens (primary N) is 1. The molecule has 2 rings (SSSR count). The van der Waals surface area contributed by atoms with E-state index in [-0.39, 0.29) is 5.69 Å². The smallest absolute Gasteiger partial charge is 0.273 e. The van der Waals surface area contributed by atoms with Crippen LogP contribution in [0.4, 0.5) is 17.1 Å². The molecule has 98 valence electrons. The molecule has 6 heteroatoms. The summed E-state index contributed by atoms with van der Waals surface area (Å²) >= 11 is 0. The first kappa shape index (κ1) is 12.6. The van der Waals surface area contributed by atoms with Crippen LogP contribution >= 0.6 is 0 Å². The van der Waals surface area contributed by atoms with Gasteiger partial charge in [0.1, 0.15) is 0 Å². The molecule has 1 unspecified atom stereocenters. The molecule has 1 aromatic carbocycles. The predicted molar refractivity (Wildman–Crippen MR) is 71.5 cm³/mol. The van der Waals surface area contributed by atoms with E-state index in [0.29, 0.717) is 11.6 Å². The van der Waals surface area contributed by atoms with E-state index in [0.717, 1.165) is 31.6 Å². The van der Waals surface area contributed by atoms with E-state index in [2.05, 4.69) is 17.2 Å². The monoisotopic (exact) mass is 250 g/mol. The molecule has 0 aromatic heterocycles. The number of non-ortho nitro benzene ring substituents is 1. The number of nitrogen functional groups attached to an aromatic ring is 1. The third-order valence-electron chi connectivity index (χ3n) is 3.51. The molecular weight excluding hydrogens is 232 g/mol. The van der Waals surface area contributed by atoms with Crippen LogP contribution in [0.5, 0.6) is 0 Å². The number of benzene rings is 1. The van der Waals surface area contributed by atoms with Crippen LogP contribution in [0.2, 0.25) is 0 Å². The van der Waals surface area contributed by atoms with E-state index in [1.165, 1.54) is 6.07 Å². The van der Waals surface area contributed by atoms with E-state index in [1.54, 1.807) is 6.07 Å². The Morgan fingerprint density at radius 2 is 2.33 bits per heavy atom. The maximum Gasteiger partial charge on any atom is 0.273 e. The summed E-state index contributed by atoms with van der Waals surface area (Å²) < 4.78 is 0. The molecule has 18 heavy (non-hydrogen) atoms. The van der Waals surface area contributed by atoms with Crippen molar-refractivity contribution in [2.75, 3.05) is 23.4 Å². The Morgan fingerprint density at radius 3 is 2.89 bits per heavy atom. The summed E-state index contributed by atoms with van der Waals surface area (Å²) in [5, 5.41) is 10.9. The van der Waals surface area contributed by atoms with Gasteiger partial charge in [0, 0.05) is 30.9 Å². The molecule has 3 N–H and O–H groups in total. The van der Waals surface area contributed by atoms with Gasteiger partial charge < -0.3 is 10.3 Å². The Kier molecular flexibility index (Phi) is 3.66. The fourth-order valence-corrected chi connectivity index (χ4v) is 2.37. The third kappa shape index (κ3) is 2.53. The zero-order valence-electron chi connectivity index (χ0n) is 10.4. The Hall–Kier alpha value is -1.82. The topological polar surface area (TPSA) is 84.4 Å². The molecule has 1 atom stereocenters. The van der Waals surface area contributed by atoms with Gasteiger partial charge in [-0.3, -0.25) is 16.0 Å². The summed E-state index contributed by atoms with van der Waals surface area (Å²) in [7, 11) is 0. The third-order valence-corrected chi connectivity index (χ3v) is 3.51. The number of nitro groups is 1. The second-order valence-corrected chi connectivity index (χ2v) is 4.65. The van der Waals surface area contributed by atoms with Crippen molar-refractivity contribution in [1.29, 1.82) is 0 Å². The van der Waals surface area contributed by atoms with Crippen LogP contribution in [0.3, 0.4) is 0 Å². The highest BCUT2D eigenvalue weighted by Gasteiger charge is 2.23. The van der Waals surface area contributed by atoms with Crippen molar-refractivity contribution in [2.24, 2.45) is 11.8 Å². The van der Waals surface area contributed by atoms with Gasteiger partial charge in [-0.2, -0.15) is 0 Å². The number of hydrogen-bond donors (Lipinski definition) is 2. The van der Waals surface area contributed by atoms with Gasteiger partial charge in [-0.15, -0.1) is 0 Å². The number of anilines is 2. The van der Waals surface area contributed by atoms with Gasteiger partial charge >= 0.3 is 0 Å². The van der Waals surface area contributed by atoms with Gasteiger partial charge in [0.15, 0.2) is 0 Å². The minimum atomic E-state index is -0.391. The SMILES string of the molecule is CCC1CCN(c2cc(NN)cc([N+](=O)[O-])c2)C1. The van der Waals surface area contributed by atoms with Gasteiger partial charge in [0.05, 0.1) is 10.6 Å². The number of nitro benzene ring substituents is 1. The standard InChI is InChI=1S/C12H18N4O2/c1-2-9-3-4-15(8-9)11-5-10(14-13)6-12(7-11)16(17)18/h5-7,9,14H,2-4,8,13H2,1H3. The maximum atomic E-state index is 10.9. The van der Waals surface area contributed by atoms with E-state index in [4.69, 9.17) is 5.84 Å². The van der Waals surface area contributed by atoms with Crippen molar-refractivity contribution < 1.29 is 4.92 Å². The summed E-state index contributed by atoms with van der Waals surface area (Å²) in [5.74, 6) is 6.03. The zero-order valence-corrected chi connectivity index (χ0v) is 10.4. The second kappa shape index (κ2) is 5.22. The fraction of sp³-hybridized carbons (Fsp3) is 0.500. The van der Waals surface area contributed by atoms with Crippen molar-refractivity contribution in [2.45, 2.75) is 19.8 Å². The predicted octanol–water partition coefficient (Wildman–Crippen LogP) is 2.12. The molecule has 0 amide bonds. The fourth-order valence-electron chi connectivity index (χ4n) is 2.37. The maximum absolute atomic E-state index is 10.9. The van der Waals surface area contributed by atoms with Gasteiger partial charge in [-0.1, -0.05) is 13.3 Å². The zero-order chi connectivity index (χ0) is 13.1. The number of hydrogen-bond acceptors (Lipinski definition) is 5. The lowest BCUT2D eigenvalue weighted by molar-refractivity contribution is -0.384. The number of nitrogens with one attached hydrogen (secondary N) is 1. The lowest BCUT2D eigenvalue weighted by Gasteiger charge is -2.19.